The molecule has 0 aliphatic carbocycles. The molecule has 0 radical (unpaired) electrons. The van der Waals surface area contributed by atoms with Gasteiger partial charge in [0.05, 0.1) is 30.1 Å². The molecule has 0 saturated carbocycles. The summed E-state index contributed by atoms with van der Waals surface area (Å²) in [5, 5.41) is 9.65. The normalized spacial score (nSPS) is 44.9. The molecule has 4 fully saturated rings. The van der Waals surface area contributed by atoms with Crippen LogP contribution in [0.5, 0.6) is 0 Å². The number of hydrogen-bond donors (Lipinski definition) is 1. The molecule has 4 saturated heterocycles. The summed E-state index contributed by atoms with van der Waals surface area (Å²) in [7, 11) is 0. The largest absolute Gasteiger partial charge is 0.481 e. The standard InChI is InChI=1S/C15H21NO5/c17-13(11-5-10-1-2-12(11)21-10)16-6-9-7-20-4-3-15(9,8-16)14(18)19/h9-12H,1-8H2,(H,18,19)/t9-,10?,11?,12?,15+/m0/s1. The van der Waals surface area contributed by atoms with Crippen molar-refractivity contribution in [3.05, 3.63) is 0 Å². The van der Waals surface area contributed by atoms with Crippen molar-refractivity contribution in [1.29, 1.82) is 0 Å². The maximum atomic E-state index is 12.8. The number of amides is 1. The number of fused-ring (bicyclic) bond motifs is 3. The molecule has 1 amide bonds. The lowest BCUT2D eigenvalue weighted by atomic mass is 9.74. The summed E-state index contributed by atoms with van der Waals surface area (Å²) in [4.78, 5) is 26.3. The Morgan fingerprint density at radius 3 is 2.76 bits per heavy atom. The van der Waals surface area contributed by atoms with E-state index in [-0.39, 0.29) is 30.0 Å². The Hall–Kier alpha value is -1.14. The van der Waals surface area contributed by atoms with Gasteiger partial charge in [-0.2, -0.15) is 0 Å². The van der Waals surface area contributed by atoms with Gasteiger partial charge in [-0.25, -0.2) is 0 Å². The molecule has 116 valence electrons. The van der Waals surface area contributed by atoms with Gasteiger partial charge in [-0.15, -0.1) is 0 Å². The van der Waals surface area contributed by atoms with Crippen molar-refractivity contribution >= 4 is 11.9 Å². The molecule has 4 heterocycles. The average molecular weight is 295 g/mol. The zero-order valence-corrected chi connectivity index (χ0v) is 12.0. The summed E-state index contributed by atoms with van der Waals surface area (Å²) in [5.41, 5.74) is -0.799. The van der Waals surface area contributed by atoms with Crippen LogP contribution in [0, 0.1) is 17.3 Å². The Balaban J connectivity index is 1.52. The van der Waals surface area contributed by atoms with E-state index < -0.39 is 11.4 Å². The van der Waals surface area contributed by atoms with Crippen LogP contribution in [0.4, 0.5) is 0 Å². The Morgan fingerprint density at radius 1 is 1.29 bits per heavy atom. The first-order valence-electron chi connectivity index (χ1n) is 7.85. The number of nitrogens with zero attached hydrogens (tertiary/aromatic N) is 1. The van der Waals surface area contributed by atoms with Crippen molar-refractivity contribution in [2.24, 2.45) is 17.3 Å². The number of likely N-dealkylation sites (tertiary alicyclic amines) is 1. The molecule has 21 heavy (non-hydrogen) atoms. The Bertz CT molecular complexity index is 481. The second-order valence-corrected chi connectivity index (χ2v) is 6.92. The lowest BCUT2D eigenvalue weighted by Crippen LogP contribution is -2.45. The first-order valence-corrected chi connectivity index (χ1v) is 7.85. The molecule has 0 aromatic carbocycles. The number of carbonyl (C=O) groups is 2. The number of hydrogen-bond acceptors (Lipinski definition) is 4. The number of carboxylic acids is 1. The molecule has 4 aliphatic heterocycles. The van der Waals surface area contributed by atoms with Crippen LogP contribution < -0.4 is 0 Å². The molecule has 2 bridgehead atoms. The van der Waals surface area contributed by atoms with Gasteiger partial charge in [0.15, 0.2) is 0 Å². The summed E-state index contributed by atoms with van der Waals surface area (Å²) < 4.78 is 11.2. The predicted octanol–water partition coefficient (Wildman–Crippen LogP) is 0.504. The molecule has 4 rings (SSSR count). The molecule has 3 unspecified atom stereocenters. The van der Waals surface area contributed by atoms with Crippen LogP contribution in [-0.2, 0) is 19.1 Å². The van der Waals surface area contributed by atoms with E-state index in [0.717, 1.165) is 19.3 Å². The van der Waals surface area contributed by atoms with Gasteiger partial charge in [0.25, 0.3) is 0 Å². The van der Waals surface area contributed by atoms with E-state index in [0.29, 0.717) is 32.7 Å². The summed E-state index contributed by atoms with van der Waals surface area (Å²) >= 11 is 0. The molecular weight excluding hydrogens is 274 g/mol. The van der Waals surface area contributed by atoms with Gasteiger partial charge in [0.2, 0.25) is 5.91 Å². The molecule has 6 heteroatoms. The maximum Gasteiger partial charge on any atom is 0.311 e. The smallest absolute Gasteiger partial charge is 0.311 e. The van der Waals surface area contributed by atoms with Gasteiger partial charge in [-0.3, -0.25) is 9.59 Å². The van der Waals surface area contributed by atoms with E-state index >= 15 is 0 Å². The monoisotopic (exact) mass is 295 g/mol. The fraction of sp³-hybridized carbons (Fsp3) is 0.867. The minimum absolute atomic E-state index is 0.0576. The highest BCUT2D eigenvalue weighted by molar-refractivity contribution is 5.83. The highest BCUT2D eigenvalue weighted by atomic mass is 16.5. The van der Waals surface area contributed by atoms with Crippen LogP contribution in [0.2, 0.25) is 0 Å². The summed E-state index contributed by atoms with van der Waals surface area (Å²) in [6.07, 6.45) is 3.63. The lowest BCUT2D eigenvalue weighted by molar-refractivity contribution is -0.157. The minimum Gasteiger partial charge on any atom is -0.481 e. The van der Waals surface area contributed by atoms with Crippen LogP contribution in [0.25, 0.3) is 0 Å². The van der Waals surface area contributed by atoms with E-state index in [1.54, 1.807) is 4.90 Å². The second-order valence-electron chi connectivity index (χ2n) is 6.92. The van der Waals surface area contributed by atoms with Gasteiger partial charge in [-0.05, 0) is 25.7 Å². The molecule has 4 aliphatic rings. The van der Waals surface area contributed by atoms with Crippen molar-refractivity contribution < 1.29 is 24.2 Å². The molecule has 0 aromatic heterocycles. The van der Waals surface area contributed by atoms with Crippen molar-refractivity contribution in [2.45, 2.75) is 37.9 Å². The SMILES string of the molecule is O=C(C1CC2CCC1O2)N1C[C@H]2COCC[C@@]2(C(=O)O)C1. The van der Waals surface area contributed by atoms with Crippen molar-refractivity contribution in [3.63, 3.8) is 0 Å². The number of aliphatic carboxylic acids is 1. The predicted molar refractivity (Wildman–Crippen MR) is 71.6 cm³/mol. The van der Waals surface area contributed by atoms with Gasteiger partial charge in [0, 0.05) is 25.6 Å². The van der Waals surface area contributed by atoms with E-state index in [1.165, 1.54) is 0 Å². The summed E-state index contributed by atoms with van der Waals surface area (Å²) in [5.74, 6) is -0.824. The summed E-state index contributed by atoms with van der Waals surface area (Å²) in [6, 6.07) is 0. The molecule has 0 aromatic rings. The Labute approximate surface area is 123 Å². The minimum atomic E-state index is -0.799. The van der Waals surface area contributed by atoms with E-state index in [1.807, 2.05) is 0 Å². The Morgan fingerprint density at radius 2 is 2.14 bits per heavy atom. The topological polar surface area (TPSA) is 76.1 Å². The van der Waals surface area contributed by atoms with Gasteiger partial charge >= 0.3 is 5.97 Å². The van der Waals surface area contributed by atoms with E-state index in [2.05, 4.69) is 0 Å². The van der Waals surface area contributed by atoms with Crippen molar-refractivity contribution in [3.8, 4) is 0 Å². The molecule has 5 atom stereocenters. The molecular formula is C15H21NO5. The molecule has 6 nitrogen and oxygen atoms in total. The van der Waals surface area contributed by atoms with Crippen molar-refractivity contribution in [2.75, 3.05) is 26.3 Å². The van der Waals surface area contributed by atoms with E-state index in [4.69, 9.17) is 9.47 Å². The maximum absolute atomic E-state index is 12.8. The third kappa shape index (κ3) is 1.92. The van der Waals surface area contributed by atoms with Crippen molar-refractivity contribution in [1.82, 2.24) is 4.90 Å². The first kappa shape index (κ1) is 13.5. The average Bonchev–Trinajstić information content (AvgIpc) is 3.19. The quantitative estimate of drug-likeness (QED) is 0.803. The fourth-order valence-corrected chi connectivity index (χ4v) is 4.60. The van der Waals surface area contributed by atoms with Crippen LogP contribution in [0.15, 0.2) is 0 Å². The number of carbonyl (C=O) groups excluding carboxylic acids is 1. The molecule has 1 N–H and O–H groups in total. The van der Waals surface area contributed by atoms with Crippen LogP contribution >= 0.6 is 0 Å². The number of ether oxygens (including phenoxy) is 2. The van der Waals surface area contributed by atoms with Gasteiger partial charge < -0.3 is 19.5 Å². The fourth-order valence-electron chi connectivity index (χ4n) is 4.60. The van der Waals surface area contributed by atoms with Crippen LogP contribution in [-0.4, -0.2) is 60.4 Å². The number of carboxylic acid groups (broad SMARTS) is 1. The highest BCUT2D eigenvalue weighted by Gasteiger charge is 2.56. The summed E-state index contributed by atoms with van der Waals surface area (Å²) in [6.45, 7) is 1.77. The zero-order chi connectivity index (χ0) is 14.6. The second kappa shape index (κ2) is 4.68. The third-order valence-corrected chi connectivity index (χ3v) is 5.87. The number of rotatable bonds is 2. The zero-order valence-electron chi connectivity index (χ0n) is 12.0. The van der Waals surface area contributed by atoms with Crippen LogP contribution in [0.1, 0.15) is 25.7 Å². The van der Waals surface area contributed by atoms with E-state index in [9.17, 15) is 14.7 Å². The highest BCUT2D eigenvalue weighted by Crippen LogP contribution is 2.45. The molecule has 0 spiro atoms. The lowest BCUT2D eigenvalue weighted by Gasteiger charge is -2.34. The van der Waals surface area contributed by atoms with Gasteiger partial charge in [0.1, 0.15) is 0 Å². The Kier molecular flexibility index (Phi) is 3.01. The first-order chi connectivity index (χ1) is 10.1. The van der Waals surface area contributed by atoms with Crippen LogP contribution in [0.3, 0.4) is 0 Å². The third-order valence-electron chi connectivity index (χ3n) is 5.87. The van der Waals surface area contributed by atoms with Gasteiger partial charge in [-0.1, -0.05) is 0 Å².